The molecule has 0 aliphatic heterocycles. The Hall–Kier alpha value is -6.38. The minimum atomic E-state index is 1.11. The minimum Gasteiger partial charge on any atom is -0.310 e. The summed E-state index contributed by atoms with van der Waals surface area (Å²) in [5.41, 5.74) is 11.7. The molecule has 9 aromatic rings. The predicted octanol–water partition coefficient (Wildman–Crippen LogP) is 12.7. The summed E-state index contributed by atoms with van der Waals surface area (Å²) >= 11 is 0. The lowest BCUT2D eigenvalue weighted by Crippen LogP contribution is -2.10. The van der Waals surface area contributed by atoms with Crippen LogP contribution in [0.15, 0.2) is 194 Å². The van der Waals surface area contributed by atoms with Gasteiger partial charge in [-0.25, -0.2) is 0 Å². The van der Waals surface area contributed by atoms with Crippen molar-refractivity contribution < 1.29 is 0 Å². The summed E-state index contributed by atoms with van der Waals surface area (Å²) in [4.78, 5) is 2.37. The van der Waals surface area contributed by atoms with Gasteiger partial charge in [0.2, 0.25) is 0 Å². The van der Waals surface area contributed by atoms with Crippen LogP contribution in [0.1, 0.15) is 0 Å². The number of anilines is 3. The van der Waals surface area contributed by atoms with Gasteiger partial charge < -0.3 is 9.47 Å². The Balaban J connectivity index is 1.18. The van der Waals surface area contributed by atoms with E-state index >= 15 is 0 Å². The Morgan fingerprint density at radius 1 is 0.312 bits per heavy atom. The Kier molecular flexibility index (Phi) is 6.84. The fourth-order valence-electron chi connectivity index (χ4n) is 7.03. The number of rotatable bonds is 6. The van der Waals surface area contributed by atoms with Crippen LogP contribution in [0.3, 0.4) is 0 Å². The standard InChI is InChI=1S/C46H32N2/c1-3-12-33(13-4-1)35-22-26-40(27-23-35)47(42-28-24-34-14-7-8-15-36(34)30-42)41-19-11-16-37(31-41)38-25-29-46-44(32-38)43-20-9-10-21-45(43)48(46)39-17-5-2-6-18-39/h1-32H. The molecule has 2 heteroatoms. The van der Waals surface area contributed by atoms with Crippen LogP contribution < -0.4 is 4.90 Å². The summed E-state index contributed by atoms with van der Waals surface area (Å²) in [5.74, 6) is 0. The lowest BCUT2D eigenvalue weighted by atomic mass is 10.0. The Labute approximate surface area is 280 Å². The number of benzene rings is 8. The largest absolute Gasteiger partial charge is 0.310 e. The van der Waals surface area contributed by atoms with Gasteiger partial charge in [-0.2, -0.15) is 0 Å². The van der Waals surface area contributed by atoms with E-state index in [1.54, 1.807) is 0 Å². The lowest BCUT2D eigenvalue weighted by molar-refractivity contribution is 1.18. The summed E-state index contributed by atoms with van der Waals surface area (Å²) < 4.78 is 2.37. The van der Waals surface area contributed by atoms with E-state index in [4.69, 9.17) is 0 Å². The fourth-order valence-corrected chi connectivity index (χ4v) is 7.03. The zero-order chi connectivity index (χ0) is 31.9. The first-order chi connectivity index (χ1) is 23.8. The molecule has 0 N–H and O–H groups in total. The second-order valence-electron chi connectivity index (χ2n) is 12.3. The van der Waals surface area contributed by atoms with Crippen LogP contribution in [-0.4, -0.2) is 4.57 Å². The van der Waals surface area contributed by atoms with Gasteiger partial charge >= 0.3 is 0 Å². The molecule has 0 spiro atoms. The van der Waals surface area contributed by atoms with Gasteiger partial charge in [-0.3, -0.25) is 0 Å². The summed E-state index contributed by atoms with van der Waals surface area (Å²) in [6.45, 7) is 0. The summed E-state index contributed by atoms with van der Waals surface area (Å²) in [7, 11) is 0. The van der Waals surface area contributed by atoms with E-state index in [1.807, 2.05) is 0 Å². The van der Waals surface area contributed by atoms with Crippen LogP contribution in [0, 0.1) is 0 Å². The molecule has 8 aromatic carbocycles. The molecule has 0 saturated heterocycles. The van der Waals surface area contributed by atoms with Crippen LogP contribution in [0.5, 0.6) is 0 Å². The molecule has 48 heavy (non-hydrogen) atoms. The Morgan fingerprint density at radius 2 is 0.896 bits per heavy atom. The maximum atomic E-state index is 2.37. The van der Waals surface area contributed by atoms with E-state index in [1.165, 1.54) is 60.5 Å². The van der Waals surface area contributed by atoms with Crippen molar-refractivity contribution in [2.24, 2.45) is 0 Å². The number of hydrogen-bond acceptors (Lipinski definition) is 1. The van der Waals surface area contributed by atoms with Crippen molar-refractivity contribution in [3.05, 3.63) is 194 Å². The molecule has 0 radical (unpaired) electrons. The normalized spacial score (nSPS) is 11.3. The van der Waals surface area contributed by atoms with Crippen molar-refractivity contribution in [2.75, 3.05) is 4.90 Å². The summed E-state index contributed by atoms with van der Waals surface area (Å²) in [5, 5.41) is 4.96. The maximum absolute atomic E-state index is 2.37. The Morgan fingerprint density at radius 3 is 1.73 bits per heavy atom. The Bertz CT molecular complexity index is 2550. The smallest absolute Gasteiger partial charge is 0.0541 e. The highest BCUT2D eigenvalue weighted by Crippen LogP contribution is 2.40. The molecule has 0 atom stereocenters. The fraction of sp³-hybridized carbons (Fsp3) is 0. The van der Waals surface area contributed by atoms with Crippen LogP contribution in [0.2, 0.25) is 0 Å². The molecule has 226 valence electrons. The zero-order valence-electron chi connectivity index (χ0n) is 26.4. The van der Waals surface area contributed by atoms with Crippen LogP contribution >= 0.6 is 0 Å². The molecule has 0 unspecified atom stereocenters. The van der Waals surface area contributed by atoms with Gasteiger partial charge in [-0.05, 0) is 99.8 Å². The van der Waals surface area contributed by atoms with E-state index in [-0.39, 0.29) is 0 Å². The quantitative estimate of drug-likeness (QED) is 0.181. The highest BCUT2D eigenvalue weighted by Gasteiger charge is 2.16. The molecule has 0 fully saturated rings. The molecule has 0 aliphatic rings. The number of fused-ring (bicyclic) bond motifs is 4. The van der Waals surface area contributed by atoms with Gasteiger partial charge in [-0.15, -0.1) is 0 Å². The molecule has 1 heterocycles. The van der Waals surface area contributed by atoms with Crippen LogP contribution in [0.4, 0.5) is 17.1 Å². The molecule has 0 aliphatic carbocycles. The van der Waals surface area contributed by atoms with E-state index in [9.17, 15) is 0 Å². The van der Waals surface area contributed by atoms with Crippen molar-refractivity contribution in [1.82, 2.24) is 4.57 Å². The van der Waals surface area contributed by atoms with Gasteiger partial charge in [0.1, 0.15) is 0 Å². The van der Waals surface area contributed by atoms with E-state index in [0.717, 1.165) is 17.1 Å². The summed E-state index contributed by atoms with van der Waals surface area (Å²) in [6.07, 6.45) is 0. The van der Waals surface area contributed by atoms with Gasteiger partial charge in [0.15, 0.2) is 0 Å². The first kappa shape index (κ1) is 27.9. The van der Waals surface area contributed by atoms with Gasteiger partial charge in [0, 0.05) is 33.5 Å². The number of nitrogens with zero attached hydrogens (tertiary/aromatic N) is 2. The molecule has 2 nitrogen and oxygen atoms in total. The monoisotopic (exact) mass is 612 g/mol. The van der Waals surface area contributed by atoms with Crippen molar-refractivity contribution in [3.8, 4) is 27.9 Å². The minimum absolute atomic E-state index is 1.11. The average Bonchev–Trinajstić information content (AvgIpc) is 3.50. The van der Waals surface area contributed by atoms with Gasteiger partial charge in [-0.1, -0.05) is 127 Å². The molecule has 0 bridgehead atoms. The highest BCUT2D eigenvalue weighted by atomic mass is 15.1. The SMILES string of the molecule is c1ccc(-c2ccc(N(c3cccc(-c4ccc5c(c4)c4ccccc4n5-c4ccccc4)c3)c3ccc4ccccc4c3)cc2)cc1. The van der Waals surface area contributed by atoms with Crippen molar-refractivity contribution in [1.29, 1.82) is 0 Å². The lowest BCUT2D eigenvalue weighted by Gasteiger charge is -2.26. The van der Waals surface area contributed by atoms with Crippen molar-refractivity contribution >= 4 is 49.6 Å². The summed E-state index contributed by atoms with van der Waals surface area (Å²) in [6, 6.07) is 69.9. The highest BCUT2D eigenvalue weighted by molar-refractivity contribution is 6.10. The molecule has 1 aromatic heterocycles. The first-order valence-electron chi connectivity index (χ1n) is 16.4. The van der Waals surface area contributed by atoms with Crippen molar-refractivity contribution in [2.45, 2.75) is 0 Å². The number of para-hydroxylation sites is 2. The van der Waals surface area contributed by atoms with Crippen LogP contribution in [0.25, 0.3) is 60.5 Å². The topological polar surface area (TPSA) is 8.17 Å². The molecular formula is C46H32N2. The molecule has 0 amide bonds. The maximum Gasteiger partial charge on any atom is 0.0541 e. The molecule has 0 saturated carbocycles. The van der Waals surface area contributed by atoms with Gasteiger partial charge in [0.25, 0.3) is 0 Å². The predicted molar refractivity (Wildman–Crippen MR) is 204 cm³/mol. The van der Waals surface area contributed by atoms with Crippen molar-refractivity contribution in [3.63, 3.8) is 0 Å². The third-order valence-corrected chi connectivity index (χ3v) is 9.35. The van der Waals surface area contributed by atoms with E-state index < -0.39 is 0 Å². The van der Waals surface area contributed by atoms with Crippen LogP contribution in [-0.2, 0) is 0 Å². The second kappa shape index (κ2) is 11.8. The third-order valence-electron chi connectivity index (χ3n) is 9.35. The first-order valence-corrected chi connectivity index (χ1v) is 16.4. The second-order valence-corrected chi connectivity index (χ2v) is 12.3. The number of hydrogen-bond donors (Lipinski definition) is 0. The average molecular weight is 613 g/mol. The molecule has 9 rings (SSSR count). The van der Waals surface area contributed by atoms with E-state index in [2.05, 4.69) is 204 Å². The number of aromatic nitrogens is 1. The van der Waals surface area contributed by atoms with E-state index in [0.29, 0.717) is 0 Å². The van der Waals surface area contributed by atoms with Gasteiger partial charge in [0.05, 0.1) is 11.0 Å². The third kappa shape index (κ3) is 4.92. The zero-order valence-corrected chi connectivity index (χ0v) is 26.4. The molecular weight excluding hydrogens is 581 g/mol.